The number of halogens is 2. The topological polar surface area (TPSA) is 25.8 Å². The summed E-state index contributed by atoms with van der Waals surface area (Å²) in [4.78, 5) is 9.32. The van der Waals surface area contributed by atoms with Gasteiger partial charge in [-0.3, -0.25) is 0 Å². The molecule has 0 aliphatic carbocycles. The summed E-state index contributed by atoms with van der Waals surface area (Å²) >= 11 is 13.7. The summed E-state index contributed by atoms with van der Waals surface area (Å²) in [5, 5.41) is 1.22. The molecule has 0 saturated heterocycles. The van der Waals surface area contributed by atoms with Crippen LogP contribution in [0.1, 0.15) is 5.56 Å². The Labute approximate surface area is 118 Å². The van der Waals surface area contributed by atoms with Gasteiger partial charge in [-0.2, -0.15) is 0 Å². The van der Waals surface area contributed by atoms with E-state index in [4.69, 9.17) is 23.2 Å². The van der Waals surface area contributed by atoms with Crippen LogP contribution in [0.25, 0.3) is 20.7 Å². The van der Waals surface area contributed by atoms with Gasteiger partial charge < -0.3 is 0 Å². The minimum Gasteiger partial charge on any atom is -0.235 e. The Bertz CT molecular complexity index is 737. The van der Waals surface area contributed by atoms with Crippen molar-refractivity contribution in [3.63, 3.8) is 0 Å². The molecule has 2 heterocycles. The largest absolute Gasteiger partial charge is 0.235 e. The molecule has 0 radical (unpaired) electrons. The van der Waals surface area contributed by atoms with E-state index in [1.165, 1.54) is 11.9 Å². The fourth-order valence-corrected chi connectivity index (χ4v) is 3.32. The summed E-state index contributed by atoms with van der Waals surface area (Å²) in [5.74, 6) is 0. The lowest BCUT2D eigenvalue weighted by Gasteiger charge is -2.02. The van der Waals surface area contributed by atoms with E-state index in [-0.39, 0.29) is 0 Å². The Kier molecular flexibility index (Phi) is 2.98. The molecule has 90 valence electrons. The molecule has 0 saturated carbocycles. The molecule has 5 heteroatoms. The van der Waals surface area contributed by atoms with E-state index < -0.39 is 0 Å². The first-order valence-electron chi connectivity index (χ1n) is 5.32. The maximum absolute atomic E-state index is 6.06. The van der Waals surface area contributed by atoms with Crippen molar-refractivity contribution in [2.75, 3.05) is 0 Å². The average molecular weight is 295 g/mol. The highest BCUT2D eigenvalue weighted by Crippen LogP contribution is 2.37. The number of rotatable bonds is 1. The van der Waals surface area contributed by atoms with Crippen molar-refractivity contribution in [2.45, 2.75) is 6.92 Å². The van der Waals surface area contributed by atoms with Gasteiger partial charge in [-0.05, 0) is 36.2 Å². The molecule has 0 aliphatic rings. The maximum atomic E-state index is 6.06. The van der Waals surface area contributed by atoms with Gasteiger partial charge in [0.2, 0.25) is 0 Å². The smallest absolute Gasteiger partial charge is 0.150 e. The van der Waals surface area contributed by atoms with Gasteiger partial charge in [-0.1, -0.05) is 29.3 Å². The molecule has 0 amide bonds. The molecule has 0 unspecified atom stereocenters. The number of hydrogen-bond acceptors (Lipinski definition) is 3. The van der Waals surface area contributed by atoms with Crippen molar-refractivity contribution in [2.24, 2.45) is 0 Å². The molecule has 0 spiro atoms. The summed E-state index contributed by atoms with van der Waals surface area (Å²) in [6, 6.07) is 7.88. The van der Waals surface area contributed by atoms with Crippen molar-refractivity contribution >= 4 is 44.8 Å². The molecule has 0 fully saturated rings. The SMILES string of the molecule is Cc1ccc(Cl)cc1-c1cc2ncnc(Cl)c2s1. The van der Waals surface area contributed by atoms with E-state index in [9.17, 15) is 0 Å². The predicted molar refractivity (Wildman–Crippen MR) is 77.6 cm³/mol. The lowest BCUT2D eigenvalue weighted by atomic mass is 10.1. The van der Waals surface area contributed by atoms with Gasteiger partial charge in [-0.15, -0.1) is 11.3 Å². The fourth-order valence-electron chi connectivity index (χ4n) is 1.82. The Morgan fingerprint density at radius 1 is 1.11 bits per heavy atom. The lowest BCUT2D eigenvalue weighted by Crippen LogP contribution is -1.79. The average Bonchev–Trinajstić information content (AvgIpc) is 2.77. The fraction of sp³-hybridized carbons (Fsp3) is 0.0769. The van der Waals surface area contributed by atoms with Gasteiger partial charge in [0, 0.05) is 9.90 Å². The first-order valence-corrected chi connectivity index (χ1v) is 6.89. The van der Waals surface area contributed by atoms with Crippen LogP contribution in [0, 0.1) is 6.92 Å². The standard InChI is InChI=1S/C13H8Cl2N2S/c1-7-2-3-8(14)4-9(7)11-5-10-12(18-11)13(15)17-6-16-10/h2-6H,1H3. The van der Waals surface area contributed by atoms with Gasteiger partial charge in [0.1, 0.15) is 11.5 Å². The van der Waals surface area contributed by atoms with E-state index in [2.05, 4.69) is 16.9 Å². The van der Waals surface area contributed by atoms with Crippen molar-refractivity contribution in [1.82, 2.24) is 9.97 Å². The Morgan fingerprint density at radius 3 is 2.72 bits per heavy atom. The zero-order valence-corrected chi connectivity index (χ0v) is 11.8. The third-order valence-corrected chi connectivity index (χ3v) is 4.53. The van der Waals surface area contributed by atoms with Gasteiger partial charge >= 0.3 is 0 Å². The number of aromatic nitrogens is 2. The molecule has 18 heavy (non-hydrogen) atoms. The zero-order chi connectivity index (χ0) is 12.7. The van der Waals surface area contributed by atoms with Crippen LogP contribution in [0.5, 0.6) is 0 Å². The summed E-state index contributed by atoms with van der Waals surface area (Å²) in [7, 11) is 0. The first-order chi connectivity index (χ1) is 8.65. The van der Waals surface area contributed by atoms with Crippen LogP contribution in [0.3, 0.4) is 0 Å². The minimum absolute atomic E-state index is 0.496. The molecule has 0 N–H and O–H groups in total. The number of thiophene rings is 1. The molecular weight excluding hydrogens is 287 g/mol. The van der Waals surface area contributed by atoms with E-state index in [0.29, 0.717) is 5.15 Å². The number of hydrogen-bond donors (Lipinski definition) is 0. The molecule has 2 aromatic heterocycles. The Hall–Kier alpha value is -1.16. The molecule has 0 aliphatic heterocycles. The minimum atomic E-state index is 0.496. The number of nitrogens with zero attached hydrogens (tertiary/aromatic N) is 2. The summed E-state index contributed by atoms with van der Waals surface area (Å²) in [6.45, 7) is 2.06. The second-order valence-electron chi connectivity index (χ2n) is 3.95. The molecule has 3 aromatic rings. The Morgan fingerprint density at radius 2 is 1.94 bits per heavy atom. The molecular formula is C13H8Cl2N2S. The molecule has 2 nitrogen and oxygen atoms in total. The van der Waals surface area contributed by atoms with E-state index in [0.717, 1.165) is 25.7 Å². The van der Waals surface area contributed by atoms with Crippen molar-refractivity contribution in [1.29, 1.82) is 0 Å². The monoisotopic (exact) mass is 294 g/mol. The summed E-state index contributed by atoms with van der Waals surface area (Å²) in [5.41, 5.74) is 3.16. The van der Waals surface area contributed by atoms with Crippen LogP contribution < -0.4 is 0 Å². The highest BCUT2D eigenvalue weighted by Gasteiger charge is 2.10. The summed E-state index contributed by atoms with van der Waals surface area (Å²) < 4.78 is 0.911. The second kappa shape index (κ2) is 4.50. The highest BCUT2D eigenvalue weighted by atomic mass is 35.5. The molecule has 0 atom stereocenters. The van der Waals surface area contributed by atoms with Crippen molar-refractivity contribution < 1.29 is 0 Å². The van der Waals surface area contributed by atoms with E-state index in [1.54, 1.807) is 11.3 Å². The van der Waals surface area contributed by atoms with Crippen LogP contribution in [0.15, 0.2) is 30.6 Å². The van der Waals surface area contributed by atoms with E-state index >= 15 is 0 Å². The zero-order valence-electron chi connectivity index (χ0n) is 9.45. The van der Waals surface area contributed by atoms with Crippen LogP contribution in [0.4, 0.5) is 0 Å². The predicted octanol–water partition coefficient (Wildman–Crippen LogP) is 4.97. The third-order valence-electron chi connectivity index (χ3n) is 2.73. The van der Waals surface area contributed by atoms with Gasteiger partial charge in [-0.25, -0.2) is 9.97 Å². The maximum Gasteiger partial charge on any atom is 0.150 e. The number of fused-ring (bicyclic) bond motifs is 1. The second-order valence-corrected chi connectivity index (χ2v) is 5.80. The third kappa shape index (κ3) is 1.99. The molecule has 0 bridgehead atoms. The van der Waals surface area contributed by atoms with Gasteiger partial charge in [0.05, 0.1) is 10.2 Å². The van der Waals surface area contributed by atoms with Gasteiger partial charge in [0.15, 0.2) is 0 Å². The number of benzene rings is 1. The lowest BCUT2D eigenvalue weighted by molar-refractivity contribution is 1.23. The van der Waals surface area contributed by atoms with Gasteiger partial charge in [0.25, 0.3) is 0 Å². The summed E-state index contributed by atoms with van der Waals surface area (Å²) in [6.07, 6.45) is 1.48. The number of aryl methyl sites for hydroxylation is 1. The molecule has 3 rings (SSSR count). The van der Waals surface area contributed by atoms with Crippen LogP contribution >= 0.6 is 34.5 Å². The molecule has 1 aromatic carbocycles. The first kappa shape index (κ1) is 11.9. The van der Waals surface area contributed by atoms with Crippen LogP contribution in [-0.2, 0) is 0 Å². The van der Waals surface area contributed by atoms with Crippen molar-refractivity contribution in [3.05, 3.63) is 46.3 Å². The quantitative estimate of drug-likeness (QED) is 0.592. The van der Waals surface area contributed by atoms with E-state index in [1.807, 2.05) is 24.3 Å². The van der Waals surface area contributed by atoms with Crippen LogP contribution in [0.2, 0.25) is 10.2 Å². The normalized spacial score (nSPS) is 11.1. The van der Waals surface area contributed by atoms with Crippen LogP contribution in [-0.4, -0.2) is 9.97 Å². The highest BCUT2D eigenvalue weighted by molar-refractivity contribution is 7.22. The van der Waals surface area contributed by atoms with Crippen molar-refractivity contribution in [3.8, 4) is 10.4 Å². The Balaban J connectivity index is 2.26.